The lowest BCUT2D eigenvalue weighted by atomic mass is 10.0. The highest BCUT2D eigenvalue weighted by Gasteiger charge is 2.15. The molecule has 0 unspecified atom stereocenters. The van der Waals surface area contributed by atoms with Gasteiger partial charge < -0.3 is 14.6 Å². The van der Waals surface area contributed by atoms with Crippen molar-refractivity contribution in [3.8, 4) is 22.6 Å². The first kappa shape index (κ1) is 14.3. The number of aromatic carboxylic acids is 1. The van der Waals surface area contributed by atoms with Crippen molar-refractivity contribution in [2.24, 2.45) is 0 Å². The van der Waals surface area contributed by atoms with E-state index in [0.717, 1.165) is 21.2 Å². The zero-order valence-electron chi connectivity index (χ0n) is 12.0. The van der Waals surface area contributed by atoms with Crippen molar-refractivity contribution < 1.29 is 19.4 Å². The van der Waals surface area contributed by atoms with E-state index in [4.69, 9.17) is 9.47 Å². The Kier molecular flexibility index (Phi) is 3.68. The number of methoxy groups -OCH3 is 2. The lowest BCUT2D eigenvalue weighted by Crippen LogP contribution is -1.91. The number of thiophene rings is 1. The Morgan fingerprint density at radius 2 is 1.95 bits per heavy atom. The lowest BCUT2D eigenvalue weighted by Gasteiger charge is -2.11. The van der Waals surface area contributed by atoms with Gasteiger partial charge in [0.05, 0.1) is 18.9 Å². The van der Waals surface area contributed by atoms with Crippen LogP contribution < -0.4 is 9.47 Å². The largest absolute Gasteiger partial charge is 0.497 e. The maximum absolute atomic E-state index is 11.2. The molecule has 1 aromatic carbocycles. The van der Waals surface area contributed by atoms with Crippen LogP contribution in [0.2, 0.25) is 0 Å². The predicted molar refractivity (Wildman–Crippen MR) is 85.1 cm³/mol. The van der Waals surface area contributed by atoms with E-state index in [2.05, 4.69) is 4.98 Å². The van der Waals surface area contributed by atoms with Gasteiger partial charge in [0.2, 0.25) is 0 Å². The van der Waals surface area contributed by atoms with Crippen molar-refractivity contribution in [3.63, 3.8) is 0 Å². The van der Waals surface area contributed by atoms with Gasteiger partial charge in [0.25, 0.3) is 0 Å². The highest BCUT2D eigenvalue weighted by molar-refractivity contribution is 7.20. The Bertz CT molecular complexity index is 856. The van der Waals surface area contributed by atoms with E-state index < -0.39 is 5.97 Å². The molecule has 3 aromatic rings. The first-order valence-corrected chi connectivity index (χ1v) is 7.29. The number of hydrogen-bond donors (Lipinski definition) is 1. The summed E-state index contributed by atoms with van der Waals surface area (Å²) in [6.45, 7) is 0. The summed E-state index contributed by atoms with van der Waals surface area (Å²) in [5, 5.41) is 10.0. The number of benzene rings is 1. The molecule has 112 valence electrons. The normalized spacial score (nSPS) is 10.6. The topological polar surface area (TPSA) is 68.7 Å². The number of ether oxygens (including phenoxy) is 2. The number of carboxylic acids is 1. The van der Waals surface area contributed by atoms with Crippen molar-refractivity contribution in [2.45, 2.75) is 0 Å². The van der Waals surface area contributed by atoms with Crippen molar-refractivity contribution in [3.05, 3.63) is 41.5 Å². The zero-order chi connectivity index (χ0) is 15.7. The summed E-state index contributed by atoms with van der Waals surface area (Å²) >= 11 is 1.20. The smallest absolute Gasteiger partial charge is 0.345 e. The molecule has 0 bridgehead atoms. The third-order valence-corrected chi connectivity index (χ3v) is 4.41. The molecular weight excluding hydrogens is 302 g/mol. The summed E-state index contributed by atoms with van der Waals surface area (Å²) in [7, 11) is 3.19. The van der Waals surface area contributed by atoms with Crippen LogP contribution in [0, 0.1) is 0 Å². The van der Waals surface area contributed by atoms with Crippen molar-refractivity contribution in [1.29, 1.82) is 0 Å². The van der Waals surface area contributed by atoms with Crippen LogP contribution in [0.1, 0.15) is 9.67 Å². The van der Waals surface area contributed by atoms with Crippen molar-refractivity contribution in [2.75, 3.05) is 14.2 Å². The van der Waals surface area contributed by atoms with E-state index in [1.165, 1.54) is 11.3 Å². The molecule has 0 amide bonds. The van der Waals surface area contributed by atoms with Crippen molar-refractivity contribution >= 4 is 27.4 Å². The number of pyridine rings is 1. The fourth-order valence-corrected chi connectivity index (χ4v) is 3.20. The fraction of sp³-hybridized carbons (Fsp3) is 0.125. The van der Waals surface area contributed by atoms with Crippen LogP contribution in [0.4, 0.5) is 0 Å². The number of aromatic nitrogens is 1. The monoisotopic (exact) mass is 315 g/mol. The molecule has 3 rings (SSSR count). The van der Waals surface area contributed by atoms with Gasteiger partial charge in [-0.25, -0.2) is 4.79 Å². The maximum Gasteiger partial charge on any atom is 0.345 e. The van der Waals surface area contributed by atoms with Crippen molar-refractivity contribution in [1.82, 2.24) is 4.98 Å². The third kappa shape index (κ3) is 2.37. The SMILES string of the molecule is COc1ccc(OC)c(-c2cncc3sc(C(=O)O)cc23)c1. The van der Waals surface area contributed by atoms with Gasteiger partial charge in [-0.15, -0.1) is 11.3 Å². The van der Waals surface area contributed by atoms with Gasteiger partial charge >= 0.3 is 5.97 Å². The highest BCUT2D eigenvalue weighted by Crippen LogP contribution is 2.39. The van der Waals surface area contributed by atoms with Gasteiger partial charge in [-0.1, -0.05) is 0 Å². The van der Waals surface area contributed by atoms with Crippen LogP contribution in [-0.4, -0.2) is 30.3 Å². The number of carbonyl (C=O) groups is 1. The third-order valence-electron chi connectivity index (χ3n) is 3.35. The van der Waals surface area contributed by atoms with Crippen LogP contribution in [0.3, 0.4) is 0 Å². The summed E-state index contributed by atoms with van der Waals surface area (Å²) < 4.78 is 11.5. The minimum Gasteiger partial charge on any atom is -0.497 e. The Balaban J connectivity index is 2.27. The number of hydrogen-bond acceptors (Lipinski definition) is 5. The molecule has 0 saturated heterocycles. The Labute approximate surface area is 130 Å². The van der Waals surface area contributed by atoms with Gasteiger partial charge in [-0.2, -0.15) is 0 Å². The second-order valence-corrected chi connectivity index (χ2v) is 5.66. The van der Waals surface area contributed by atoms with Crippen LogP contribution in [0.5, 0.6) is 11.5 Å². The second-order valence-electron chi connectivity index (χ2n) is 4.58. The molecule has 0 atom stereocenters. The van der Waals surface area contributed by atoms with Gasteiger partial charge in [-0.05, 0) is 24.3 Å². The molecule has 5 nitrogen and oxygen atoms in total. The van der Waals surface area contributed by atoms with E-state index >= 15 is 0 Å². The summed E-state index contributed by atoms with van der Waals surface area (Å²) in [6, 6.07) is 7.15. The molecule has 0 aliphatic heterocycles. The molecule has 6 heteroatoms. The Morgan fingerprint density at radius 1 is 1.14 bits per heavy atom. The molecule has 22 heavy (non-hydrogen) atoms. The van der Waals surface area contributed by atoms with Gasteiger partial charge in [0, 0.05) is 28.9 Å². The number of rotatable bonds is 4. The highest BCUT2D eigenvalue weighted by atomic mass is 32.1. The first-order valence-electron chi connectivity index (χ1n) is 6.47. The van der Waals surface area contributed by atoms with Crippen LogP contribution in [0.25, 0.3) is 21.2 Å². The van der Waals surface area contributed by atoms with E-state index in [1.807, 2.05) is 18.2 Å². The fourth-order valence-electron chi connectivity index (χ4n) is 2.31. The van der Waals surface area contributed by atoms with Crippen LogP contribution >= 0.6 is 11.3 Å². The Hall–Kier alpha value is -2.60. The number of fused-ring (bicyclic) bond motifs is 1. The standard InChI is InChI=1S/C16H13NO4S/c1-20-9-3-4-13(21-2)10(5-9)12-7-17-8-15-11(12)6-14(22-15)16(18)19/h3-8H,1-2H3,(H,18,19). The quantitative estimate of drug-likeness (QED) is 0.795. The summed E-state index contributed by atoms with van der Waals surface area (Å²) in [4.78, 5) is 15.7. The summed E-state index contributed by atoms with van der Waals surface area (Å²) in [5.41, 5.74) is 1.63. The number of carboxylic acid groups (broad SMARTS) is 1. The minimum atomic E-state index is -0.940. The molecule has 1 N–H and O–H groups in total. The molecule has 0 aliphatic carbocycles. The van der Waals surface area contributed by atoms with E-state index in [9.17, 15) is 9.90 Å². The molecule has 0 saturated carbocycles. The zero-order valence-corrected chi connectivity index (χ0v) is 12.8. The average Bonchev–Trinajstić information content (AvgIpc) is 2.98. The molecule has 0 radical (unpaired) electrons. The summed E-state index contributed by atoms with van der Waals surface area (Å²) in [6.07, 6.45) is 3.38. The van der Waals surface area contributed by atoms with Gasteiger partial charge in [-0.3, -0.25) is 4.98 Å². The average molecular weight is 315 g/mol. The molecule has 2 heterocycles. The summed E-state index contributed by atoms with van der Waals surface area (Å²) in [5.74, 6) is 0.435. The van der Waals surface area contributed by atoms with Gasteiger partial charge in [0.15, 0.2) is 0 Å². The van der Waals surface area contributed by atoms with E-state index in [-0.39, 0.29) is 4.88 Å². The maximum atomic E-state index is 11.2. The molecule has 2 aromatic heterocycles. The molecular formula is C16H13NO4S. The Morgan fingerprint density at radius 3 is 2.64 bits per heavy atom. The molecule has 0 aliphatic rings. The van der Waals surface area contributed by atoms with E-state index in [0.29, 0.717) is 11.5 Å². The minimum absolute atomic E-state index is 0.283. The molecule has 0 spiro atoms. The second kappa shape index (κ2) is 5.65. The first-order chi connectivity index (χ1) is 10.6. The van der Waals surface area contributed by atoms with Crippen LogP contribution in [0.15, 0.2) is 36.7 Å². The lowest BCUT2D eigenvalue weighted by molar-refractivity contribution is 0.0702. The molecule has 0 fully saturated rings. The van der Waals surface area contributed by atoms with Crippen LogP contribution in [-0.2, 0) is 0 Å². The van der Waals surface area contributed by atoms with E-state index in [1.54, 1.807) is 32.7 Å². The van der Waals surface area contributed by atoms with Gasteiger partial charge in [0.1, 0.15) is 16.4 Å². The number of nitrogens with zero attached hydrogens (tertiary/aromatic N) is 1. The predicted octanol–water partition coefficient (Wildman–Crippen LogP) is 3.68.